The van der Waals surface area contributed by atoms with Crippen LogP contribution in [0.25, 0.3) is 11.0 Å². The van der Waals surface area contributed by atoms with Crippen molar-refractivity contribution in [3.63, 3.8) is 0 Å². The van der Waals surface area contributed by atoms with Crippen molar-refractivity contribution in [2.24, 2.45) is 5.41 Å². The van der Waals surface area contributed by atoms with Gasteiger partial charge in [0.05, 0.1) is 5.69 Å². The van der Waals surface area contributed by atoms with E-state index in [9.17, 15) is 9.59 Å². The fourth-order valence-corrected chi connectivity index (χ4v) is 2.64. The number of fused-ring (bicyclic) bond motifs is 1. The number of hydrogen-bond donors (Lipinski definition) is 2. The van der Waals surface area contributed by atoms with E-state index < -0.39 is 5.41 Å². The van der Waals surface area contributed by atoms with Crippen molar-refractivity contribution in [2.75, 3.05) is 5.73 Å². The van der Waals surface area contributed by atoms with Crippen LogP contribution < -0.4 is 5.73 Å². The Balaban J connectivity index is 1.85. The summed E-state index contributed by atoms with van der Waals surface area (Å²) in [5, 5.41) is 0.829. The van der Waals surface area contributed by atoms with Gasteiger partial charge in [0.15, 0.2) is 11.6 Å². The van der Waals surface area contributed by atoms with Crippen LogP contribution in [0.15, 0.2) is 42.6 Å². The van der Waals surface area contributed by atoms with Crippen molar-refractivity contribution in [1.82, 2.24) is 9.97 Å². The minimum Gasteiger partial charge on any atom is -0.399 e. The Labute approximate surface area is 146 Å². The lowest BCUT2D eigenvalue weighted by Crippen LogP contribution is -2.20. The van der Waals surface area contributed by atoms with Crippen LogP contribution in [0.3, 0.4) is 0 Å². The summed E-state index contributed by atoms with van der Waals surface area (Å²) in [6, 6.07) is 10.6. The second-order valence-electron chi connectivity index (χ2n) is 7.27. The Morgan fingerprint density at radius 1 is 1.12 bits per heavy atom. The van der Waals surface area contributed by atoms with Gasteiger partial charge in [0.2, 0.25) is 0 Å². The Hall–Kier alpha value is -2.95. The molecule has 0 radical (unpaired) electrons. The third-order valence-corrected chi connectivity index (χ3v) is 4.05. The molecule has 25 heavy (non-hydrogen) atoms. The Bertz CT molecular complexity index is 947. The topological polar surface area (TPSA) is 88.8 Å². The van der Waals surface area contributed by atoms with Gasteiger partial charge in [-0.2, -0.15) is 0 Å². The highest BCUT2D eigenvalue weighted by Gasteiger charge is 2.24. The maximum Gasteiger partial charge on any atom is 0.184 e. The second kappa shape index (κ2) is 6.16. The van der Waals surface area contributed by atoms with Crippen LogP contribution in [-0.2, 0) is 6.42 Å². The van der Waals surface area contributed by atoms with Crippen molar-refractivity contribution >= 4 is 28.3 Å². The number of ketones is 2. The van der Waals surface area contributed by atoms with Crippen LogP contribution in [0, 0.1) is 5.41 Å². The van der Waals surface area contributed by atoms with Crippen LogP contribution >= 0.6 is 0 Å². The molecule has 3 rings (SSSR count). The number of nitrogens with two attached hydrogens (primary N) is 1. The number of H-pyrrole nitrogens is 1. The fraction of sp³-hybridized carbons (Fsp3) is 0.250. The van der Waals surface area contributed by atoms with Crippen molar-refractivity contribution < 1.29 is 9.59 Å². The number of aromatic nitrogens is 2. The molecule has 1 aromatic carbocycles. The van der Waals surface area contributed by atoms with Gasteiger partial charge in [-0.3, -0.25) is 9.59 Å². The third kappa shape index (κ3) is 3.60. The van der Waals surface area contributed by atoms with E-state index in [2.05, 4.69) is 9.97 Å². The minimum absolute atomic E-state index is 0.00248. The third-order valence-electron chi connectivity index (χ3n) is 4.05. The van der Waals surface area contributed by atoms with Crippen LogP contribution in [0.1, 0.15) is 47.2 Å². The number of nitrogens with one attached hydrogen (secondary N) is 1. The zero-order valence-corrected chi connectivity index (χ0v) is 14.6. The van der Waals surface area contributed by atoms with E-state index in [0.29, 0.717) is 22.6 Å². The number of carbonyl (C=O) groups excluding carboxylic acids is 2. The standard InChI is InChI=1S/C20H21N3O2/c1-20(2,3)18(25)16-10-14-8-12(11-22-19(14)23-16)9-17(24)13-4-6-15(21)7-5-13/h4-8,10-11H,9,21H2,1-3H3,(H,22,23). The maximum atomic E-state index is 12.4. The number of aromatic amines is 1. The number of benzene rings is 1. The molecule has 0 amide bonds. The first-order valence-corrected chi connectivity index (χ1v) is 8.15. The van der Waals surface area contributed by atoms with Crippen molar-refractivity contribution in [3.05, 3.63) is 59.4 Å². The first kappa shape index (κ1) is 16.9. The first-order chi connectivity index (χ1) is 11.7. The summed E-state index contributed by atoms with van der Waals surface area (Å²) in [4.78, 5) is 32.2. The molecule has 2 aromatic heterocycles. The van der Waals surface area contributed by atoms with Crippen LogP contribution in [0.4, 0.5) is 5.69 Å². The molecule has 0 saturated carbocycles. The molecule has 3 N–H and O–H groups in total. The van der Waals surface area contributed by atoms with E-state index in [0.717, 1.165) is 10.9 Å². The fourth-order valence-electron chi connectivity index (χ4n) is 2.64. The number of nitrogens with zero attached hydrogens (tertiary/aromatic N) is 1. The Kier molecular flexibility index (Phi) is 4.17. The lowest BCUT2D eigenvalue weighted by molar-refractivity contribution is 0.0853. The zero-order valence-electron chi connectivity index (χ0n) is 14.6. The molecular formula is C20H21N3O2. The van der Waals surface area contributed by atoms with Gasteiger partial charge in [-0.15, -0.1) is 0 Å². The first-order valence-electron chi connectivity index (χ1n) is 8.15. The molecule has 2 heterocycles. The van der Waals surface area contributed by atoms with Gasteiger partial charge >= 0.3 is 0 Å². The van der Waals surface area contributed by atoms with Crippen molar-refractivity contribution in [1.29, 1.82) is 0 Å². The van der Waals surface area contributed by atoms with Crippen LogP contribution in [-0.4, -0.2) is 21.5 Å². The molecule has 0 spiro atoms. The molecule has 0 aliphatic rings. The summed E-state index contributed by atoms with van der Waals surface area (Å²) in [5.41, 5.74) is 8.43. The predicted octanol–water partition coefficient (Wildman–Crippen LogP) is 3.80. The van der Waals surface area contributed by atoms with E-state index in [4.69, 9.17) is 5.73 Å². The number of hydrogen-bond acceptors (Lipinski definition) is 4. The lowest BCUT2D eigenvalue weighted by Gasteiger charge is -2.14. The maximum absolute atomic E-state index is 12.4. The number of rotatable bonds is 4. The molecule has 0 aliphatic heterocycles. The van der Waals surface area contributed by atoms with Gasteiger partial charge in [0, 0.05) is 34.7 Å². The normalized spacial score (nSPS) is 11.6. The summed E-state index contributed by atoms with van der Waals surface area (Å²) >= 11 is 0. The number of carbonyl (C=O) groups is 2. The molecule has 0 bridgehead atoms. The monoisotopic (exact) mass is 335 g/mol. The summed E-state index contributed by atoms with van der Waals surface area (Å²) in [6.45, 7) is 5.64. The van der Waals surface area contributed by atoms with Gasteiger partial charge in [0.1, 0.15) is 5.65 Å². The van der Waals surface area contributed by atoms with Gasteiger partial charge in [-0.1, -0.05) is 20.8 Å². The quantitative estimate of drug-likeness (QED) is 0.560. The molecule has 0 atom stereocenters. The van der Waals surface area contributed by atoms with E-state index >= 15 is 0 Å². The molecule has 5 heteroatoms. The average molecular weight is 335 g/mol. The largest absolute Gasteiger partial charge is 0.399 e. The molecule has 0 unspecified atom stereocenters. The summed E-state index contributed by atoms with van der Waals surface area (Å²) in [7, 11) is 0. The molecule has 0 aliphatic carbocycles. The molecular weight excluding hydrogens is 314 g/mol. The molecule has 0 saturated heterocycles. The molecule has 5 nitrogen and oxygen atoms in total. The highest BCUT2D eigenvalue weighted by Crippen LogP contribution is 2.23. The average Bonchev–Trinajstić information content (AvgIpc) is 2.96. The van der Waals surface area contributed by atoms with Gasteiger partial charge in [-0.25, -0.2) is 4.98 Å². The van der Waals surface area contributed by atoms with Gasteiger partial charge in [-0.05, 0) is 42.0 Å². The molecule has 3 aromatic rings. The Morgan fingerprint density at radius 3 is 2.44 bits per heavy atom. The van der Waals surface area contributed by atoms with Crippen LogP contribution in [0.5, 0.6) is 0 Å². The van der Waals surface area contributed by atoms with E-state index in [-0.39, 0.29) is 18.0 Å². The number of pyridine rings is 1. The predicted molar refractivity (Wildman–Crippen MR) is 98.8 cm³/mol. The summed E-state index contributed by atoms with van der Waals surface area (Å²) < 4.78 is 0. The number of Topliss-reactive ketones (excluding diaryl/α,β-unsaturated/α-hetero) is 2. The summed E-state index contributed by atoms with van der Waals surface area (Å²) in [5.74, 6) is 0.0349. The van der Waals surface area contributed by atoms with Crippen molar-refractivity contribution in [3.8, 4) is 0 Å². The molecule has 128 valence electrons. The smallest absolute Gasteiger partial charge is 0.184 e. The highest BCUT2D eigenvalue weighted by atomic mass is 16.1. The highest BCUT2D eigenvalue weighted by molar-refractivity contribution is 6.02. The Morgan fingerprint density at radius 2 is 1.80 bits per heavy atom. The number of anilines is 1. The van der Waals surface area contributed by atoms with Crippen LogP contribution in [0.2, 0.25) is 0 Å². The van der Waals surface area contributed by atoms with Gasteiger partial charge < -0.3 is 10.7 Å². The van der Waals surface area contributed by atoms with E-state index in [1.165, 1.54) is 0 Å². The molecule has 0 fully saturated rings. The number of nitrogen functional groups attached to an aromatic ring is 1. The second-order valence-corrected chi connectivity index (χ2v) is 7.27. The van der Waals surface area contributed by atoms with Gasteiger partial charge in [0.25, 0.3) is 0 Å². The summed E-state index contributed by atoms with van der Waals surface area (Å²) in [6.07, 6.45) is 1.92. The van der Waals surface area contributed by atoms with E-state index in [1.54, 1.807) is 36.5 Å². The lowest BCUT2D eigenvalue weighted by atomic mass is 9.89. The van der Waals surface area contributed by atoms with Crippen molar-refractivity contribution in [2.45, 2.75) is 27.2 Å². The SMILES string of the molecule is CC(C)(C)C(=O)c1cc2cc(CC(=O)c3ccc(N)cc3)cnc2[nH]1. The minimum atomic E-state index is -0.463. The van der Waals surface area contributed by atoms with E-state index in [1.807, 2.05) is 26.8 Å². The zero-order chi connectivity index (χ0) is 18.2.